The van der Waals surface area contributed by atoms with Crippen LogP contribution in [0.4, 0.5) is 4.39 Å². The predicted octanol–water partition coefficient (Wildman–Crippen LogP) is 5.90. The standard InChI is InChI=1S/C24H25BrFNO2/c1-2-28-23-15-19(16-27-13-12-18-8-4-3-5-9-18)14-21(25)24(23)29-17-20-10-6-7-11-22(20)26/h3-11,14-15,27H,2,12-13,16-17H2,1H3. The second kappa shape index (κ2) is 11.0. The molecular weight excluding hydrogens is 433 g/mol. The minimum absolute atomic E-state index is 0.139. The van der Waals surface area contributed by atoms with Gasteiger partial charge in [-0.25, -0.2) is 4.39 Å². The Morgan fingerprint density at radius 1 is 0.931 bits per heavy atom. The molecule has 0 heterocycles. The second-order valence-corrected chi connectivity index (χ2v) is 7.48. The Morgan fingerprint density at radius 3 is 2.45 bits per heavy atom. The number of nitrogens with one attached hydrogen (secondary N) is 1. The number of halogens is 2. The van der Waals surface area contributed by atoms with Crippen LogP contribution in [0.5, 0.6) is 11.5 Å². The lowest BCUT2D eigenvalue weighted by atomic mass is 10.1. The van der Waals surface area contributed by atoms with Gasteiger partial charge in [-0.2, -0.15) is 0 Å². The van der Waals surface area contributed by atoms with Gasteiger partial charge in [0.1, 0.15) is 12.4 Å². The average molecular weight is 458 g/mol. The maximum absolute atomic E-state index is 13.9. The Bertz CT molecular complexity index is 918. The van der Waals surface area contributed by atoms with Crippen LogP contribution in [0.2, 0.25) is 0 Å². The molecule has 0 fully saturated rings. The summed E-state index contributed by atoms with van der Waals surface area (Å²) in [6, 6.07) is 21.0. The largest absolute Gasteiger partial charge is 0.490 e. The topological polar surface area (TPSA) is 30.5 Å². The lowest BCUT2D eigenvalue weighted by Gasteiger charge is -2.16. The molecule has 0 radical (unpaired) electrons. The summed E-state index contributed by atoms with van der Waals surface area (Å²) in [6.45, 7) is 4.20. The number of hydrogen-bond donors (Lipinski definition) is 1. The molecule has 0 aliphatic carbocycles. The van der Waals surface area contributed by atoms with Gasteiger partial charge in [0.2, 0.25) is 0 Å². The lowest BCUT2D eigenvalue weighted by molar-refractivity contribution is 0.264. The summed E-state index contributed by atoms with van der Waals surface area (Å²) in [6.07, 6.45) is 0.976. The molecule has 0 aliphatic rings. The Morgan fingerprint density at radius 2 is 1.69 bits per heavy atom. The molecule has 0 spiro atoms. The zero-order chi connectivity index (χ0) is 20.5. The molecule has 1 N–H and O–H groups in total. The summed E-state index contributed by atoms with van der Waals surface area (Å²) < 4.78 is 26.3. The van der Waals surface area contributed by atoms with Gasteiger partial charge in [0.25, 0.3) is 0 Å². The minimum atomic E-state index is -0.277. The van der Waals surface area contributed by atoms with E-state index in [0.29, 0.717) is 23.7 Å². The SMILES string of the molecule is CCOc1cc(CNCCc2ccccc2)cc(Br)c1OCc1ccccc1F. The number of hydrogen-bond acceptors (Lipinski definition) is 3. The Hall–Kier alpha value is -2.37. The van der Waals surface area contributed by atoms with Crippen molar-refractivity contribution in [3.05, 3.63) is 93.7 Å². The molecule has 0 aromatic heterocycles. The fourth-order valence-corrected chi connectivity index (χ4v) is 3.61. The number of benzene rings is 3. The van der Waals surface area contributed by atoms with Gasteiger partial charge in [0, 0.05) is 12.1 Å². The third-order valence-corrected chi connectivity index (χ3v) is 5.05. The zero-order valence-corrected chi connectivity index (χ0v) is 18.0. The quantitative estimate of drug-likeness (QED) is 0.384. The molecule has 0 bridgehead atoms. The minimum Gasteiger partial charge on any atom is -0.490 e. The van der Waals surface area contributed by atoms with E-state index in [1.54, 1.807) is 18.2 Å². The first kappa shape index (κ1) is 21.3. The summed E-state index contributed by atoms with van der Waals surface area (Å²) in [5.74, 6) is 0.960. The van der Waals surface area contributed by atoms with Crippen molar-refractivity contribution in [2.45, 2.75) is 26.5 Å². The van der Waals surface area contributed by atoms with E-state index in [9.17, 15) is 4.39 Å². The van der Waals surface area contributed by atoms with Crippen molar-refractivity contribution in [2.75, 3.05) is 13.2 Å². The van der Waals surface area contributed by atoms with Gasteiger partial charge < -0.3 is 14.8 Å². The first-order valence-corrected chi connectivity index (χ1v) is 10.5. The number of rotatable bonds is 10. The number of ether oxygens (including phenoxy) is 2. The molecule has 3 rings (SSSR count). The monoisotopic (exact) mass is 457 g/mol. The summed E-state index contributed by atoms with van der Waals surface area (Å²) in [4.78, 5) is 0. The third-order valence-electron chi connectivity index (χ3n) is 4.46. The molecule has 3 nitrogen and oxygen atoms in total. The van der Waals surface area contributed by atoms with E-state index in [4.69, 9.17) is 9.47 Å². The lowest BCUT2D eigenvalue weighted by Crippen LogP contribution is -2.16. The molecular formula is C24H25BrFNO2. The highest BCUT2D eigenvalue weighted by Crippen LogP contribution is 2.37. The van der Waals surface area contributed by atoms with Gasteiger partial charge in [-0.3, -0.25) is 0 Å². The maximum atomic E-state index is 13.9. The van der Waals surface area contributed by atoms with Crippen LogP contribution < -0.4 is 14.8 Å². The summed E-state index contributed by atoms with van der Waals surface area (Å²) in [5, 5.41) is 3.46. The van der Waals surface area contributed by atoms with Crippen molar-refractivity contribution in [3.63, 3.8) is 0 Å². The van der Waals surface area contributed by atoms with E-state index in [2.05, 4.69) is 45.5 Å². The molecule has 5 heteroatoms. The smallest absolute Gasteiger partial charge is 0.175 e. The van der Waals surface area contributed by atoms with Crippen molar-refractivity contribution in [1.82, 2.24) is 5.32 Å². The van der Waals surface area contributed by atoms with E-state index in [-0.39, 0.29) is 12.4 Å². The van der Waals surface area contributed by atoms with E-state index in [1.165, 1.54) is 11.6 Å². The highest BCUT2D eigenvalue weighted by molar-refractivity contribution is 9.10. The Balaban J connectivity index is 1.63. The van der Waals surface area contributed by atoms with Crippen molar-refractivity contribution < 1.29 is 13.9 Å². The van der Waals surface area contributed by atoms with Crippen LogP contribution in [-0.2, 0) is 19.6 Å². The van der Waals surface area contributed by atoms with Crippen LogP contribution >= 0.6 is 15.9 Å². The molecule has 0 saturated carbocycles. The van der Waals surface area contributed by atoms with Gasteiger partial charge in [-0.1, -0.05) is 48.5 Å². The van der Waals surface area contributed by atoms with E-state index >= 15 is 0 Å². The highest BCUT2D eigenvalue weighted by atomic mass is 79.9. The van der Waals surface area contributed by atoms with Crippen molar-refractivity contribution in [2.24, 2.45) is 0 Å². The van der Waals surface area contributed by atoms with E-state index in [0.717, 1.165) is 29.5 Å². The van der Waals surface area contributed by atoms with Gasteiger partial charge >= 0.3 is 0 Å². The molecule has 0 aliphatic heterocycles. The predicted molar refractivity (Wildman–Crippen MR) is 118 cm³/mol. The first-order chi connectivity index (χ1) is 14.2. The zero-order valence-electron chi connectivity index (χ0n) is 16.5. The fourth-order valence-electron chi connectivity index (χ4n) is 3.00. The third kappa shape index (κ3) is 6.31. The highest BCUT2D eigenvalue weighted by Gasteiger charge is 2.13. The van der Waals surface area contributed by atoms with Gasteiger partial charge in [-0.15, -0.1) is 0 Å². The van der Waals surface area contributed by atoms with Crippen LogP contribution in [0.1, 0.15) is 23.6 Å². The summed E-state index contributed by atoms with van der Waals surface area (Å²) in [5.41, 5.74) is 2.91. The van der Waals surface area contributed by atoms with E-state index in [1.807, 2.05) is 25.1 Å². The van der Waals surface area contributed by atoms with Crippen LogP contribution in [0.15, 0.2) is 71.2 Å². The van der Waals surface area contributed by atoms with Crippen LogP contribution in [0.3, 0.4) is 0 Å². The maximum Gasteiger partial charge on any atom is 0.175 e. The molecule has 0 unspecified atom stereocenters. The van der Waals surface area contributed by atoms with E-state index < -0.39 is 0 Å². The van der Waals surface area contributed by atoms with Gasteiger partial charge in [-0.05, 0) is 65.1 Å². The van der Waals surface area contributed by atoms with Gasteiger partial charge in [0.15, 0.2) is 11.5 Å². The van der Waals surface area contributed by atoms with Crippen molar-refractivity contribution in [3.8, 4) is 11.5 Å². The second-order valence-electron chi connectivity index (χ2n) is 6.63. The van der Waals surface area contributed by atoms with Crippen molar-refractivity contribution in [1.29, 1.82) is 0 Å². The van der Waals surface area contributed by atoms with Crippen LogP contribution in [0.25, 0.3) is 0 Å². The van der Waals surface area contributed by atoms with Gasteiger partial charge in [0.05, 0.1) is 11.1 Å². The molecule has 0 saturated heterocycles. The molecule has 29 heavy (non-hydrogen) atoms. The molecule has 0 amide bonds. The molecule has 3 aromatic rings. The van der Waals surface area contributed by atoms with Crippen LogP contribution in [0, 0.1) is 5.82 Å². The Kier molecular flexibility index (Phi) is 8.08. The van der Waals surface area contributed by atoms with Crippen molar-refractivity contribution >= 4 is 15.9 Å². The normalized spacial score (nSPS) is 10.7. The summed E-state index contributed by atoms with van der Waals surface area (Å²) in [7, 11) is 0. The molecule has 152 valence electrons. The Labute approximate surface area is 180 Å². The fraction of sp³-hybridized carbons (Fsp3) is 0.250. The molecule has 0 atom stereocenters. The average Bonchev–Trinajstić information content (AvgIpc) is 2.73. The summed E-state index contributed by atoms with van der Waals surface area (Å²) >= 11 is 3.58. The molecule has 3 aromatic carbocycles. The first-order valence-electron chi connectivity index (χ1n) is 9.73. The van der Waals surface area contributed by atoms with Crippen LogP contribution in [-0.4, -0.2) is 13.2 Å².